The molecule has 0 heterocycles. The summed E-state index contributed by atoms with van der Waals surface area (Å²) >= 11 is 0. The highest BCUT2D eigenvalue weighted by atomic mass is 16.5. The number of rotatable bonds is 8. The second-order valence-corrected chi connectivity index (χ2v) is 17.4. The van der Waals surface area contributed by atoms with Gasteiger partial charge in [-0.1, -0.05) is 47.1 Å². The fraction of sp³-hybridized carbons (Fsp3) is 0.868. The quantitative estimate of drug-likeness (QED) is 0.221. The molecule has 5 aliphatic rings. The summed E-state index contributed by atoms with van der Waals surface area (Å²) in [5.41, 5.74) is 0.269. The van der Waals surface area contributed by atoms with Gasteiger partial charge >= 0.3 is 11.9 Å². The van der Waals surface area contributed by atoms with Crippen LogP contribution in [0.25, 0.3) is 0 Å². The Morgan fingerprint density at radius 1 is 0.886 bits per heavy atom. The van der Waals surface area contributed by atoms with Crippen LogP contribution in [-0.4, -0.2) is 42.1 Å². The Labute approximate surface area is 266 Å². The van der Waals surface area contributed by atoms with E-state index in [1.54, 1.807) is 0 Å². The molecule has 0 amide bonds. The van der Waals surface area contributed by atoms with E-state index in [0.717, 1.165) is 77.0 Å². The Balaban J connectivity index is 1.35. The van der Waals surface area contributed by atoms with Crippen LogP contribution in [0.3, 0.4) is 0 Å². The fourth-order valence-corrected chi connectivity index (χ4v) is 11.5. The first-order valence-electron chi connectivity index (χ1n) is 17.8. The van der Waals surface area contributed by atoms with E-state index < -0.39 is 5.41 Å². The first-order chi connectivity index (χ1) is 20.5. The molecular weight excluding hydrogens is 552 g/mol. The van der Waals surface area contributed by atoms with E-state index in [9.17, 15) is 19.5 Å². The number of hydrogen-bond donors (Lipinski definition) is 1. The summed E-state index contributed by atoms with van der Waals surface area (Å²) in [6.45, 7) is 18.7. The highest BCUT2D eigenvalue weighted by Crippen LogP contribution is 2.75. The maximum atomic E-state index is 14.5. The molecule has 0 saturated heterocycles. The standard InChI is InChI=1S/C38H60O6/c1-9-43-30(41)13-11-10-12-22-44-32(42)35(5)19-18-34(4)20-21-37(7)25(26(34)24-35)23-27(39)31-36(6)16-15-29(40)33(2,3)28(36)14-17-38(31,37)8/h23,26,28-29,31,40H,9-22,24H2,1-8H3/t26-,28-,29-,31+,34+,35-,36-,37+,38+/m0/s1. The number of aliphatic hydroxyl groups excluding tert-OH is 1. The van der Waals surface area contributed by atoms with Gasteiger partial charge in [-0.3, -0.25) is 14.4 Å². The van der Waals surface area contributed by atoms with E-state index in [1.807, 2.05) is 6.92 Å². The predicted octanol–water partition coefficient (Wildman–Crippen LogP) is 7.99. The van der Waals surface area contributed by atoms with Crippen molar-refractivity contribution in [2.75, 3.05) is 13.2 Å². The van der Waals surface area contributed by atoms with E-state index in [1.165, 1.54) is 5.57 Å². The van der Waals surface area contributed by atoms with Gasteiger partial charge in [0.15, 0.2) is 5.78 Å². The Kier molecular flexibility index (Phi) is 8.82. The molecule has 0 bridgehead atoms. The van der Waals surface area contributed by atoms with Gasteiger partial charge < -0.3 is 14.6 Å². The van der Waals surface area contributed by atoms with E-state index >= 15 is 0 Å². The number of aliphatic hydroxyl groups is 1. The van der Waals surface area contributed by atoms with Crippen LogP contribution in [0.1, 0.15) is 139 Å². The zero-order valence-electron chi connectivity index (χ0n) is 29.0. The number of carbonyl (C=O) groups excluding carboxylic acids is 3. The summed E-state index contributed by atoms with van der Waals surface area (Å²) in [6.07, 6.45) is 12.9. The third kappa shape index (κ3) is 5.12. The number of carbonyl (C=O) groups is 3. The average molecular weight is 613 g/mol. The lowest BCUT2D eigenvalue weighted by molar-refractivity contribution is -0.202. The van der Waals surface area contributed by atoms with Crippen LogP contribution < -0.4 is 0 Å². The summed E-state index contributed by atoms with van der Waals surface area (Å²) in [5, 5.41) is 11.0. The lowest BCUT2D eigenvalue weighted by Gasteiger charge is -2.70. The van der Waals surface area contributed by atoms with Crippen molar-refractivity contribution in [3.63, 3.8) is 0 Å². The normalized spacial score (nSPS) is 44.3. The summed E-state index contributed by atoms with van der Waals surface area (Å²) in [6, 6.07) is 0. The molecule has 4 saturated carbocycles. The number of fused-ring (bicyclic) bond motifs is 7. The van der Waals surface area contributed by atoms with Gasteiger partial charge in [-0.2, -0.15) is 0 Å². The van der Waals surface area contributed by atoms with Crippen molar-refractivity contribution < 1.29 is 29.0 Å². The van der Waals surface area contributed by atoms with Crippen molar-refractivity contribution in [2.45, 2.75) is 145 Å². The third-order valence-corrected chi connectivity index (χ3v) is 14.6. The lowest BCUT2D eigenvalue weighted by Crippen LogP contribution is -2.66. The molecule has 0 aromatic heterocycles. The van der Waals surface area contributed by atoms with Crippen molar-refractivity contribution in [1.29, 1.82) is 0 Å². The van der Waals surface area contributed by atoms with Crippen molar-refractivity contribution in [2.24, 2.45) is 50.2 Å². The number of ether oxygens (including phenoxy) is 2. The molecule has 44 heavy (non-hydrogen) atoms. The maximum Gasteiger partial charge on any atom is 0.311 e. The molecule has 5 rings (SSSR count). The minimum absolute atomic E-state index is 0.0394. The summed E-state index contributed by atoms with van der Waals surface area (Å²) in [7, 11) is 0. The largest absolute Gasteiger partial charge is 0.466 e. The Morgan fingerprint density at radius 2 is 1.59 bits per heavy atom. The van der Waals surface area contributed by atoms with Crippen LogP contribution >= 0.6 is 0 Å². The Morgan fingerprint density at radius 3 is 2.30 bits per heavy atom. The van der Waals surface area contributed by atoms with Gasteiger partial charge in [0.05, 0.1) is 24.7 Å². The first kappa shape index (κ1) is 33.7. The number of ketones is 1. The molecule has 6 heteroatoms. The zero-order chi connectivity index (χ0) is 32.3. The molecule has 0 aromatic rings. The predicted molar refractivity (Wildman–Crippen MR) is 171 cm³/mol. The summed E-state index contributed by atoms with van der Waals surface area (Å²) < 4.78 is 10.9. The molecule has 0 spiro atoms. The molecular formula is C38H60O6. The lowest BCUT2D eigenvalue weighted by atomic mass is 9.33. The van der Waals surface area contributed by atoms with Crippen LogP contribution in [0.2, 0.25) is 0 Å². The van der Waals surface area contributed by atoms with Crippen molar-refractivity contribution in [1.82, 2.24) is 0 Å². The third-order valence-electron chi connectivity index (χ3n) is 14.6. The molecule has 0 aliphatic heterocycles. The Hall–Kier alpha value is -1.69. The zero-order valence-corrected chi connectivity index (χ0v) is 29.0. The van der Waals surface area contributed by atoms with Gasteiger partial charge in [-0.05, 0) is 136 Å². The number of allylic oxidation sites excluding steroid dienone is 2. The topological polar surface area (TPSA) is 89.9 Å². The maximum absolute atomic E-state index is 14.5. The molecule has 9 atom stereocenters. The smallest absolute Gasteiger partial charge is 0.311 e. The molecule has 6 nitrogen and oxygen atoms in total. The van der Waals surface area contributed by atoms with E-state index in [2.05, 4.69) is 54.5 Å². The molecule has 248 valence electrons. The van der Waals surface area contributed by atoms with Crippen molar-refractivity contribution in [3.05, 3.63) is 11.6 Å². The van der Waals surface area contributed by atoms with Gasteiger partial charge in [-0.15, -0.1) is 0 Å². The van der Waals surface area contributed by atoms with Crippen LogP contribution in [0, 0.1) is 50.2 Å². The van der Waals surface area contributed by atoms with Crippen LogP contribution in [0.15, 0.2) is 11.6 Å². The van der Waals surface area contributed by atoms with E-state index in [4.69, 9.17) is 9.47 Å². The molecule has 1 N–H and O–H groups in total. The van der Waals surface area contributed by atoms with Crippen LogP contribution in [-0.2, 0) is 23.9 Å². The Bertz CT molecular complexity index is 1190. The molecule has 5 aliphatic carbocycles. The van der Waals surface area contributed by atoms with E-state index in [0.29, 0.717) is 31.3 Å². The van der Waals surface area contributed by atoms with Crippen molar-refractivity contribution >= 4 is 17.7 Å². The minimum atomic E-state index is -0.567. The number of unbranched alkanes of at least 4 members (excludes halogenated alkanes) is 2. The van der Waals surface area contributed by atoms with Gasteiger partial charge in [-0.25, -0.2) is 0 Å². The average Bonchev–Trinajstić information content (AvgIpc) is 2.95. The van der Waals surface area contributed by atoms with Gasteiger partial charge in [0, 0.05) is 12.3 Å². The van der Waals surface area contributed by atoms with Crippen LogP contribution in [0.5, 0.6) is 0 Å². The fourth-order valence-electron chi connectivity index (χ4n) is 11.5. The second kappa shape index (κ2) is 11.5. The SMILES string of the molecule is CCOC(=O)CCCCCOC(=O)[C@@]1(C)CC[C@]2(C)CC[C@]3(C)C(=CC(=O)[C@@H]4[C@@]5(C)CC[C@H](O)C(C)(C)[C@@H]5CC[C@]43C)[C@@H]2C1. The van der Waals surface area contributed by atoms with Crippen molar-refractivity contribution in [3.8, 4) is 0 Å². The number of esters is 2. The molecule has 0 unspecified atom stereocenters. The van der Waals surface area contributed by atoms with Gasteiger partial charge in [0.25, 0.3) is 0 Å². The molecule has 4 fully saturated rings. The number of hydrogen-bond acceptors (Lipinski definition) is 6. The molecule has 0 radical (unpaired) electrons. The van der Waals surface area contributed by atoms with E-state index in [-0.39, 0.29) is 57.0 Å². The minimum Gasteiger partial charge on any atom is -0.466 e. The van der Waals surface area contributed by atoms with Gasteiger partial charge in [0.2, 0.25) is 0 Å². The highest BCUT2D eigenvalue weighted by molar-refractivity contribution is 5.95. The highest BCUT2D eigenvalue weighted by Gasteiger charge is 2.70. The monoisotopic (exact) mass is 612 g/mol. The molecule has 0 aromatic carbocycles. The van der Waals surface area contributed by atoms with Gasteiger partial charge in [0.1, 0.15) is 0 Å². The summed E-state index contributed by atoms with van der Waals surface area (Å²) in [5.74, 6) is 0.491. The first-order valence-corrected chi connectivity index (χ1v) is 17.8. The second-order valence-electron chi connectivity index (χ2n) is 17.4. The summed E-state index contributed by atoms with van der Waals surface area (Å²) in [4.78, 5) is 39.7. The van der Waals surface area contributed by atoms with Crippen LogP contribution in [0.4, 0.5) is 0 Å².